The first-order valence-electron chi connectivity index (χ1n) is 6.23. The van der Waals surface area contributed by atoms with Gasteiger partial charge in [0.05, 0.1) is 17.9 Å². The minimum atomic E-state index is -4.39. The van der Waals surface area contributed by atoms with Gasteiger partial charge >= 0.3 is 6.18 Å². The number of benzene rings is 1. The first kappa shape index (κ1) is 15.0. The van der Waals surface area contributed by atoms with Gasteiger partial charge < -0.3 is 15.8 Å². The molecular formula is C14H14F3N3O. The number of pyridine rings is 1. The van der Waals surface area contributed by atoms with Gasteiger partial charge in [-0.3, -0.25) is 0 Å². The Bertz CT molecular complexity index is 629. The lowest BCUT2D eigenvalue weighted by molar-refractivity contribution is -0.137. The average Bonchev–Trinajstić information content (AvgIpc) is 2.42. The van der Waals surface area contributed by atoms with Crippen LogP contribution in [0.2, 0.25) is 0 Å². The molecule has 0 unspecified atom stereocenters. The summed E-state index contributed by atoms with van der Waals surface area (Å²) in [6, 6.07) is 8.01. The maximum absolute atomic E-state index is 12.6. The van der Waals surface area contributed by atoms with Crippen LogP contribution >= 0.6 is 0 Å². The van der Waals surface area contributed by atoms with Gasteiger partial charge in [0, 0.05) is 5.69 Å². The van der Waals surface area contributed by atoms with E-state index >= 15 is 0 Å². The van der Waals surface area contributed by atoms with Gasteiger partial charge in [-0.2, -0.15) is 18.2 Å². The molecule has 7 heteroatoms. The van der Waals surface area contributed by atoms with Crippen molar-refractivity contribution < 1.29 is 17.9 Å². The second-order valence-corrected chi connectivity index (χ2v) is 4.23. The summed E-state index contributed by atoms with van der Waals surface area (Å²) in [5.41, 5.74) is 5.61. The molecule has 1 aromatic carbocycles. The summed E-state index contributed by atoms with van der Waals surface area (Å²) in [4.78, 5) is 4.11. The van der Waals surface area contributed by atoms with Crippen LogP contribution in [0.1, 0.15) is 12.5 Å². The van der Waals surface area contributed by atoms with E-state index in [-0.39, 0.29) is 11.6 Å². The van der Waals surface area contributed by atoms with Crippen molar-refractivity contribution in [3.8, 4) is 5.88 Å². The van der Waals surface area contributed by atoms with Gasteiger partial charge in [0.25, 0.3) is 0 Å². The summed E-state index contributed by atoms with van der Waals surface area (Å²) in [5.74, 6) is 0.599. The number of nitrogens with two attached hydrogens (primary N) is 1. The van der Waals surface area contributed by atoms with Crippen LogP contribution < -0.4 is 15.8 Å². The number of nitrogen functional groups attached to an aromatic ring is 1. The number of alkyl halides is 3. The van der Waals surface area contributed by atoms with E-state index in [1.807, 2.05) is 0 Å². The summed E-state index contributed by atoms with van der Waals surface area (Å²) in [6.45, 7) is 2.18. The van der Waals surface area contributed by atoms with Gasteiger partial charge in [-0.1, -0.05) is 6.07 Å². The van der Waals surface area contributed by atoms with E-state index in [2.05, 4.69) is 10.3 Å². The molecule has 3 N–H and O–H groups in total. The minimum Gasteiger partial charge on any atom is -0.476 e. The van der Waals surface area contributed by atoms with Crippen molar-refractivity contribution in [3.05, 3.63) is 42.0 Å². The number of anilines is 3. The molecule has 0 saturated heterocycles. The summed E-state index contributed by atoms with van der Waals surface area (Å²) in [6.07, 6.45) is -4.39. The summed E-state index contributed by atoms with van der Waals surface area (Å²) >= 11 is 0. The lowest BCUT2D eigenvalue weighted by Crippen LogP contribution is -2.06. The first-order valence-corrected chi connectivity index (χ1v) is 6.23. The van der Waals surface area contributed by atoms with Crippen LogP contribution in [0.5, 0.6) is 5.88 Å². The number of rotatable bonds is 4. The largest absolute Gasteiger partial charge is 0.476 e. The number of hydrogen-bond donors (Lipinski definition) is 2. The molecule has 0 bridgehead atoms. The fraction of sp³-hybridized carbons (Fsp3) is 0.214. The molecule has 0 aliphatic carbocycles. The van der Waals surface area contributed by atoms with Crippen molar-refractivity contribution in [3.63, 3.8) is 0 Å². The Hall–Kier alpha value is -2.44. The predicted octanol–water partition coefficient (Wildman–Crippen LogP) is 3.82. The maximum Gasteiger partial charge on any atom is 0.416 e. The second kappa shape index (κ2) is 5.90. The Morgan fingerprint density at radius 2 is 2.00 bits per heavy atom. The van der Waals surface area contributed by atoms with Gasteiger partial charge in [0.15, 0.2) is 0 Å². The molecule has 0 saturated carbocycles. The summed E-state index contributed by atoms with van der Waals surface area (Å²) < 4.78 is 43.2. The number of halogens is 3. The van der Waals surface area contributed by atoms with E-state index < -0.39 is 11.7 Å². The fourth-order valence-corrected chi connectivity index (χ4v) is 1.69. The summed E-state index contributed by atoms with van der Waals surface area (Å²) in [7, 11) is 0. The lowest BCUT2D eigenvalue weighted by Gasteiger charge is -2.12. The highest BCUT2D eigenvalue weighted by atomic mass is 19.4. The van der Waals surface area contributed by atoms with Gasteiger partial charge in [-0.15, -0.1) is 0 Å². The third-order valence-electron chi connectivity index (χ3n) is 2.63. The third-order valence-corrected chi connectivity index (χ3v) is 2.63. The zero-order valence-corrected chi connectivity index (χ0v) is 11.2. The number of nitrogens with zero attached hydrogens (tertiary/aromatic N) is 1. The number of ether oxygens (including phenoxy) is 1. The Morgan fingerprint density at radius 1 is 1.24 bits per heavy atom. The van der Waals surface area contributed by atoms with Gasteiger partial charge in [-0.05, 0) is 37.3 Å². The zero-order valence-electron chi connectivity index (χ0n) is 11.2. The fourth-order valence-electron chi connectivity index (χ4n) is 1.69. The minimum absolute atomic E-state index is 0.245. The Balaban J connectivity index is 2.24. The molecule has 21 heavy (non-hydrogen) atoms. The Kier molecular flexibility index (Phi) is 4.21. The van der Waals surface area contributed by atoms with E-state index in [1.165, 1.54) is 12.1 Å². The molecule has 112 valence electrons. The molecule has 1 aromatic heterocycles. The average molecular weight is 297 g/mol. The third kappa shape index (κ3) is 3.77. The first-order chi connectivity index (χ1) is 9.90. The summed E-state index contributed by atoms with van der Waals surface area (Å²) in [5, 5.41) is 2.80. The number of aromatic nitrogens is 1. The van der Waals surface area contributed by atoms with Crippen molar-refractivity contribution in [1.29, 1.82) is 0 Å². The highest BCUT2D eigenvalue weighted by Gasteiger charge is 2.30. The van der Waals surface area contributed by atoms with E-state index in [9.17, 15) is 13.2 Å². The Labute approximate surface area is 119 Å². The van der Waals surface area contributed by atoms with E-state index in [0.29, 0.717) is 18.1 Å². The second-order valence-electron chi connectivity index (χ2n) is 4.23. The van der Waals surface area contributed by atoms with Crippen molar-refractivity contribution in [2.45, 2.75) is 13.1 Å². The highest BCUT2D eigenvalue weighted by Crippen LogP contribution is 2.31. The van der Waals surface area contributed by atoms with Crippen LogP contribution in [0, 0.1) is 0 Å². The van der Waals surface area contributed by atoms with Crippen LogP contribution in [-0.2, 0) is 6.18 Å². The molecule has 0 spiro atoms. The topological polar surface area (TPSA) is 60.2 Å². The van der Waals surface area contributed by atoms with Crippen molar-refractivity contribution in [2.75, 3.05) is 17.7 Å². The van der Waals surface area contributed by atoms with Crippen LogP contribution in [0.4, 0.5) is 30.4 Å². The molecule has 2 rings (SSSR count). The van der Waals surface area contributed by atoms with E-state index in [0.717, 1.165) is 12.1 Å². The molecule has 1 heterocycles. The van der Waals surface area contributed by atoms with Crippen molar-refractivity contribution in [2.24, 2.45) is 0 Å². The molecular weight excluding hydrogens is 283 g/mol. The predicted molar refractivity (Wildman–Crippen MR) is 74.5 cm³/mol. The zero-order chi connectivity index (χ0) is 15.5. The van der Waals surface area contributed by atoms with Crippen LogP contribution in [0.3, 0.4) is 0 Å². The normalized spacial score (nSPS) is 11.2. The quantitative estimate of drug-likeness (QED) is 0.900. The van der Waals surface area contributed by atoms with Gasteiger partial charge in [0.1, 0.15) is 5.82 Å². The Morgan fingerprint density at radius 3 is 2.67 bits per heavy atom. The molecule has 0 fully saturated rings. The van der Waals surface area contributed by atoms with Gasteiger partial charge in [-0.25, -0.2) is 0 Å². The number of hydrogen-bond acceptors (Lipinski definition) is 4. The highest BCUT2D eigenvalue weighted by molar-refractivity contribution is 5.61. The molecule has 0 radical (unpaired) electrons. The van der Waals surface area contributed by atoms with Gasteiger partial charge in [0.2, 0.25) is 5.88 Å². The molecule has 4 nitrogen and oxygen atoms in total. The van der Waals surface area contributed by atoms with Crippen LogP contribution in [0.25, 0.3) is 0 Å². The maximum atomic E-state index is 12.6. The lowest BCUT2D eigenvalue weighted by atomic mass is 10.2. The van der Waals surface area contributed by atoms with E-state index in [1.54, 1.807) is 19.1 Å². The molecule has 2 aromatic rings. The molecule has 0 amide bonds. The van der Waals surface area contributed by atoms with Crippen molar-refractivity contribution in [1.82, 2.24) is 4.98 Å². The SMILES string of the molecule is CCOc1nc(Nc2cccc(C(F)(F)F)c2)ccc1N. The standard InChI is InChI=1S/C14H14F3N3O/c1-2-21-13-11(18)6-7-12(20-13)19-10-5-3-4-9(8-10)14(15,16)17/h3-8H,2,18H2,1H3,(H,19,20). The molecule has 0 atom stereocenters. The van der Waals surface area contributed by atoms with Crippen LogP contribution in [0.15, 0.2) is 36.4 Å². The molecule has 0 aliphatic heterocycles. The number of nitrogens with one attached hydrogen (secondary N) is 1. The van der Waals surface area contributed by atoms with Crippen molar-refractivity contribution >= 4 is 17.2 Å². The van der Waals surface area contributed by atoms with Crippen LogP contribution in [-0.4, -0.2) is 11.6 Å². The molecule has 0 aliphatic rings. The monoisotopic (exact) mass is 297 g/mol. The smallest absolute Gasteiger partial charge is 0.416 e. The van der Waals surface area contributed by atoms with E-state index in [4.69, 9.17) is 10.5 Å².